The largest absolute Gasteiger partial charge is 0.243 e. The highest BCUT2D eigenvalue weighted by molar-refractivity contribution is 6.68. The van der Waals surface area contributed by atoms with Crippen LogP contribution >= 0.6 is 34.8 Å². The molecule has 3 nitrogen and oxygen atoms in total. The first-order chi connectivity index (χ1) is 6.04. The highest BCUT2D eigenvalue weighted by Gasteiger charge is 2.37. The Hall–Kier alpha value is 0.300. The van der Waals surface area contributed by atoms with E-state index in [-0.39, 0.29) is 0 Å². The zero-order chi connectivity index (χ0) is 9.90. The number of hydrogen-bond acceptors (Lipinski definition) is 3. The summed E-state index contributed by atoms with van der Waals surface area (Å²) in [7, 11) is 0. The molecule has 1 aliphatic rings. The molecule has 0 radical (unpaired) electrons. The van der Waals surface area contributed by atoms with Crippen LogP contribution in [0.15, 0.2) is 5.10 Å². The molecule has 0 aromatic carbocycles. The third-order valence-corrected chi connectivity index (χ3v) is 2.24. The molecule has 0 saturated heterocycles. The molecule has 1 atom stereocenters. The summed E-state index contributed by atoms with van der Waals surface area (Å²) >= 11 is 16.9. The fourth-order valence-electron chi connectivity index (χ4n) is 0.869. The van der Waals surface area contributed by atoms with Crippen LogP contribution in [0, 0.1) is 0 Å². The smallest absolute Gasteiger partial charge is 0.224 e. The minimum Gasteiger partial charge on any atom is -0.243 e. The summed E-state index contributed by atoms with van der Waals surface area (Å²) < 4.78 is -1.44. The molecule has 1 unspecified atom stereocenters. The van der Waals surface area contributed by atoms with Crippen LogP contribution in [0.3, 0.4) is 0 Å². The normalized spacial score (nSPS) is 22.8. The number of halogens is 3. The van der Waals surface area contributed by atoms with Crippen molar-refractivity contribution < 1.29 is 4.84 Å². The predicted molar refractivity (Wildman–Crippen MR) is 55.3 cm³/mol. The van der Waals surface area contributed by atoms with E-state index in [4.69, 9.17) is 39.6 Å². The van der Waals surface area contributed by atoms with E-state index < -0.39 is 9.90 Å². The molecule has 76 valence electrons. The minimum atomic E-state index is -1.44. The second kappa shape index (κ2) is 4.69. The van der Waals surface area contributed by atoms with Gasteiger partial charge in [0.05, 0.1) is 12.8 Å². The summed E-state index contributed by atoms with van der Waals surface area (Å²) in [6.07, 6.45) is 3.01. The molecule has 0 saturated carbocycles. The summed E-state index contributed by atoms with van der Waals surface area (Å²) in [5, 5.41) is 5.41. The molecule has 1 heterocycles. The van der Waals surface area contributed by atoms with E-state index in [2.05, 4.69) is 12.0 Å². The second-order valence-electron chi connectivity index (χ2n) is 2.76. The van der Waals surface area contributed by atoms with Crippen molar-refractivity contribution in [2.45, 2.75) is 29.7 Å². The lowest BCUT2D eigenvalue weighted by Crippen LogP contribution is -2.30. The van der Waals surface area contributed by atoms with E-state index in [1.165, 1.54) is 11.4 Å². The van der Waals surface area contributed by atoms with Crippen molar-refractivity contribution >= 4 is 41.0 Å². The number of hydrogen-bond donors (Lipinski definition) is 0. The zero-order valence-electron chi connectivity index (χ0n) is 7.21. The Kier molecular flexibility index (Phi) is 4.10. The number of nitrogens with zero attached hydrogens (tertiary/aromatic N) is 2. The van der Waals surface area contributed by atoms with Gasteiger partial charge in [-0.15, -0.1) is 0 Å². The topological polar surface area (TPSA) is 24.8 Å². The second-order valence-corrected chi connectivity index (χ2v) is 5.13. The van der Waals surface area contributed by atoms with Gasteiger partial charge in [0.15, 0.2) is 6.10 Å². The average Bonchev–Trinajstić information content (AvgIpc) is 2.47. The van der Waals surface area contributed by atoms with E-state index in [1.54, 1.807) is 0 Å². The number of unbranched alkanes of at least 4 members (excludes halogenated alkanes) is 1. The van der Waals surface area contributed by atoms with Gasteiger partial charge in [0.25, 0.3) is 0 Å². The molecule has 0 aromatic rings. The third kappa shape index (κ3) is 3.50. The average molecular weight is 246 g/mol. The van der Waals surface area contributed by atoms with Gasteiger partial charge in [-0.3, -0.25) is 0 Å². The molecule has 6 heteroatoms. The molecular formula is C7H11Cl3N2O. The number of hydrazone groups is 1. The Morgan fingerprint density at radius 3 is 2.69 bits per heavy atom. The minimum absolute atomic E-state index is 0.575. The molecule has 0 bridgehead atoms. The summed E-state index contributed by atoms with van der Waals surface area (Å²) in [5.41, 5.74) is 0. The van der Waals surface area contributed by atoms with Gasteiger partial charge in [-0.2, -0.15) is 10.3 Å². The van der Waals surface area contributed by atoms with Gasteiger partial charge in [-0.05, 0) is 6.42 Å². The van der Waals surface area contributed by atoms with Crippen LogP contribution in [-0.2, 0) is 4.84 Å². The van der Waals surface area contributed by atoms with Crippen LogP contribution < -0.4 is 0 Å². The first kappa shape index (κ1) is 11.4. The lowest BCUT2D eigenvalue weighted by molar-refractivity contribution is -0.157. The van der Waals surface area contributed by atoms with Crippen LogP contribution in [0.4, 0.5) is 0 Å². The lowest BCUT2D eigenvalue weighted by Gasteiger charge is -2.19. The van der Waals surface area contributed by atoms with Crippen LogP contribution in [0.5, 0.6) is 0 Å². The molecule has 0 N–H and O–H groups in total. The highest BCUT2D eigenvalue weighted by Crippen LogP contribution is 2.33. The van der Waals surface area contributed by atoms with Gasteiger partial charge in [0.1, 0.15) is 0 Å². The predicted octanol–water partition coefficient (Wildman–Crippen LogP) is 2.76. The van der Waals surface area contributed by atoms with Gasteiger partial charge in [0, 0.05) is 0 Å². The van der Waals surface area contributed by atoms with Crippen LogP contribution in [-0.4, -0.2) is 27.8 Å². The van der Waals surface area contributed by atoms with Crippen molar-refractivity contribution in [2.24, 2.45) is 5.10 Å². The van der Waals surface area contributed by atoms with Gasteiger partial charge >= 0.3 is 0 Å². The van der Waals surface area contributed by atoms with Crippen LogP contribution in [0.1, 0.15) is 19.8 Å². The Labute approximate surface area is 92.5 Å². The summed E-state index contributed by atoms with van der Waals surface area (Å²) in [5.74, 6) is 0. The Bertz CT molecular complexity index is 193. The highest BCUT2D eigenvalue weighted by atomic mass is 35.6. The lowest BCUT2D eigenvalue weighted by atomic mass is 10.3. The van der Waals surface area contributed by atoms with Gasteiger partial charge < -0.3 is 0 Å². The Balaban J connectivity index is 2.34. The maximum atomic E-state index is 5.63. The first-order valence-electron chi connectivity index (χ1n) is 4.09. The summed E-state index contributed by atoms with van der Waals surface area (Å²) in [6, 6.07) is 0. The molecule has 13 heavy (non-hydrogen) atoms. The van der Waals surface area contributed by atoms with Gasteiger partial charge in [0.2, 0.25) is 3.79 Å². The molecule has 0 amide bonds. The van der Waals surface area contributed by atoms with Crippen molar-refractivity contribution in [1.29, 1.82) is 0 Å². The van der Waals surface area contributed by atoms with Crippen LogP contribution in [0.2, 0.25) is 0 Å². The molecule has 1 rings (SSSR count). The van der Waals surface area contributed by atoms with E-state index in [0.29, 0.717) is 0 Å². The fourth-order valence-corrected chi connectivity index (χ4v) is 1.16. The summed E-state index contributed by atoms with van der Waals surface area (Å²) in [4.78, 5) is 5.24. The van der Waals surface area contributed by atoms with Crippen molar-refractivity contribution in [2.75, 3.05) is 6.54 Å². The Morgan fingerprint density at radius 2 is 2.23 bits per heavy atom. The van der Waals surface area contributed by atoms with E-state index in [1.807, 2.05) is 0 Å². The fraction of sp³-hybridized carbons (Fsp3) is 0.857. The van der Waals surface area contributed by atoms with E-state index >= 15 is 0 Å². The monoisotopic (exact) mass is 244 g/mol. The van der Waals surface area contributed by atoms with E-state index in [9.17, 15) is 0 Å². The van der Waals surface area contributed by atoms with Crippen molar-refractivity contribution in [1.82, 2.24) is 5.17 Å². The number of alkyl halides is 3. The maximum Gasteiger partial charge on any atom is 0.224 e. The molecular weight excluding hydrogens is 234 g/mol. The maximum absolute atomic E-state index is 5.63. The van der Waals surface area contributed by atoms with Crippen molar-refractivity contribution in [3.05, 3.63) is 0 Å². The molecule has 0 spiro atoms. The standard InChI is InChI=1S/C7H11Cl3N2O/c1-2-3-4-12-11-5-6(13-12)7(8,9)10/h5-6H,2-4H2,1H3. The van der Waals surface area contributed by atoms with Crippen LogP contribution in [0.25, 0.3) is 0 Å². The Morgan fingerprint density at radius 1 is 1.54 bits per heavy atom. The third-order valence-electron chi connectivity index (χ3n) is 1.59. The molecule has 0 fully saturated rings. The zero-order valence-corrected chi connectivity index (χ0v) is 9.48. The molecule has 1 aliphatic heterocycles. The van der Waals surface area contributed by atoms with Crippen molar-refractivity contribution in [3.63, 3.8) is 0 Å². The van der Waals surface area contributed by atoms with Gasteiger partial charge in [-0.25, -0.2) is 4.84 Å². The first-order valence-corrected chi connectivity index (χ1v) is 5.22. The van der Waals surface area contributed by atoms with Crippen molar-refractivity contribution in [3.8, 4) is 0 Å². The quantitative estimate of drug-likeness (QED) is 0.714. The number of hydroxylamine groups is 1. The molecule has 0 aliphatic carbocycles. The molecule has 0 aromatic heterocycles. The SMILES string of the molecule is CCCCN1N=CC(C(Cl)(Cl)Cl)O1. The summed E-state index contributed by atoms with van der Waals surface area (Å²) in [6.45, 7) is 2.82. The van der Waals surface area contributed by atoms with Gasteiger partial charge in [-0.1, -0.05) is 48.1 Å². The number of rotatable bonds is 3. The van der Waals surface area contributed by atoms with E-state index in [0.717, 1.165) is 19.4 Å².